The smallest absolute Gasteiger partial charge is 0.254 e. The van der Waals surface area contributed by atoms with Crippen molar-refractivity contribution in [3.05, 3.63) is 17.8 Å². The molecule has 16 heavy (non-hydrogen) atoms. The summed E-state index contributed by atoms with van der Waals surface area (Å²) < 4.78 is 5.28. The Labute approximate surface area is 94.0 Å². The van der Waals surface area contributed by atoms with E-state index in [9.17, 15) is 4.79 Å². The SMILES string of the molecule is Cc1cc(NC(=O)C2CCCO2)ncc1N. The van der Waals surface area contributed by atoms with Gasteiger partial charge in [-0.2, -0.15) is 0 Å². The van der Waals surface area contributed by atoms with Crippen molar-refractivity contribution in [3.63, 3.8) is 0 Å². The standard InChI is InChI=1S/C11H15N3O2/c1-7-5-10(13-6-8(7)12)14-11(15)9-3-2-4-16-9/h5-6,9H,2-4,12H2,1H3,(H,13,14,15). The number of rotatable bonds is 2. The second kappa shape index (κ2) is 4.49. The maximum absolute atomic E-state index is 11.7. The average Bonchev–Trinajstić information content (AvgIpc) is 2.77. The first kappa shape index (κ1) is 10.9. The lowest BCUT2D eigenvalue weighted by molar-refractivity contribution is -0.124. The van der Waals surface area contributed by atoms with Crippen LogP contribution in [0.1, 0.15) is 18.4 Å². The van der Waals surface area contributed by atoms with Crippen molar-refractivity contribution in [3.8, 4) is 0 Å². The highest BCUT2D eigenvalue weighted by atomic mass is 16.5. The van der Waals surface area contributed by atoms with Crippen molar-refractivity contribution >= 4 is 17.4 Å². The molecule has 1 aliphatic heterocycles. The van der Waals surface area contributed by atoms with E-state index in [0.717, 1.165) is 18.4 Å². The number of ether oxygens (including phenoxy) is 1. The molecular weight excluding hydrogens is 206 g/mol. The van der Waals surface area contributed by atoms with E-state index in [1.165, 1.54) is 0 Å². The summed E-state index contributed by atoms with van der Waals surface area (Å²) in [4.78, 5) is 15.7. The van der Waals surface area contributed by atoms with Crippen molar-refractivity contribution in [2.45, 2.75) is 25.9 Å². The molecule has 0 saturated carbocycles. The van der Waals surface area contributed by atoms with Crippen LogP contribution in [0.5, 0.6) is 0 Å². The number of nitrogens with one attached hydrogen (secondary N) is 1. The van der Waals surface area contributed by atoms with Crippen LogP contribution in [-0.2, 0) is 9.53 Å². The molecule has 1 unspecified atom stereocenters. The van der Waals surface area contributed by atoms with Gasteiger partial charge in [-0.15, -0.1) is 0 Å². The topological polar surface area (TPSA) is 77.2 Å². The lowest BCUT2D eigenvalue weighted by Gasteiger charge is -2.10. The number of hydrogen-bond donors (Lipinski definition) is 2. The number of pyridine rings is 1. The molecule has 0 spiro atoms. The Morgan fingerprint density at radius 3 is 3.12 bits per heavy atom. The lowest BCUT2D eigenvalue weighted by atomic mass is 10.2. The zero-order valence-electron chi connectivity index (χ0n) is 9.19. The van der Waals surface area contributed by atoms with Crippen LogP contribution in [0.4, 0.5) is 11.5 Å². The minimum atomic E-state index is -0.334. The van der Waals surface area contributed by atoms with E-state index in [-0.39, 0.29) is 12.0 Å². The molecule has 1 atom stereocenters. The summed E-state index contributed by atoms with van der Waals surface area (Å²) in [5.74, 6) is 0.390. The molecule has 3 N–H and O–H groups in total. The molecule has 1 saturated heterocycles. The van der Waals surface area contributed by atoms with Crippen LogP contribution < -0.4 is 11.1 Å². The van der Waals surface area contributed by atoms with Gasteiger partial charge in [-0.1, -0.05) is 0 Å². The molecule has 5 nitrogen and oxygen atoms in total. The summed E-state index contributed by atoms with van der Waals surface area (Å²) in [6.45, 7) is 2.53. The number of nitrogen functional groups attached to an aromatic ring is 1. The number of hydrogen-bond acceptors (Lipinski definition) is 4. The van der Waals surface area contributed by atoms with E-state index in [0.29, 0.717) is 18.1 Å². The van der Waals surface area contributed by atoms with Crippen molar-refractivity contribution in [2.24, 2.45) is 0 Å². The Bertz CT molecular complexity index is 400. The van der Waals surface area contributed by atoms with Crippen LogP contribution in [0.15, 0.2) is 12.3 Å². The van der Waals surface area contributed by atoms with Gasteiger partial charge in [0.05, 0.1) is 11.9 Å². The first-order valence-electron chi connectivity index (χ1n) is 5.31. The van der Waals surface area contributed by atoms with E-state index in [1.54, 1.807) is 12.3 Å². The summed E-state index contributed by atoms with van der Waals surface area (Å²) in [6, 6.07) is 1.75. The van der Waals surface area contributed by atoms with Crippen molar-refractivity contribution in [1.29, 1.82) is 0 Å². The van der Waals surface area contributed by atoms with Crippen LogP contribution in [0, 0.1) is 6.92 Å². The molecule has 0 aromatic carbocycles. The first-order valence-corrected chi connectivity index (χ1v) is 5.31. The Morgan fingerprint density at radius 2 is 2.50 bits per heavy atom. The Kier molecular flexibility index (Phi) is 3.05. The Hall–Kier alpha value is -1.62. The predicted molar refractivity (Wildman–Crippen MR) is 61.0 cm³/mol. The fraction of sp³-hybridized carbons (Fsp3) is 0.455. The van der Waals surface area contributed by atoms with Gasteiger partial charge < -0.3 is 15.8 Å². The third kappa shape index (κ3) is 2.30. The van der Waals surface area contributed by atoms with Crippen LogP contribution >= 0.6 is 0 Å². The van der Waals surface area contributed by atoms with Crippen LogP contribution in [0.3, 0.4) is 0 Å². The number of carbonyl (C=O) groups excluding carboxylic acids is 1. The predicted octanol–water partition coefficient (Wildman–Crippen LogP) is 1.09. The van der Waals surface area contributed by atoms with Crippen molar-refractivity contribution < 1.29 is 9.53 Å². The van der Waals surface area contributed by atoms with Gasteiger partial charge in [0.1, 0.15) is 11.9 Å². The highest BCUT2D eigenvalue weighted by Crippen LogP contribution is 2.16. The molecule has 2 rings (SSSR count). The van der Waals surface area contributed by atoms with Gasteiger partial charge in [0.2, 0.25) is 0 Å². The van der Waals surface area contributed by atoms with E-state index in [2.05, 4.69) is 10.3 Å². The first-order chi connectivity index (χ1) is 7.66. The van der Waals surface area contributed by atoms with Gasteiger partial charge in [0.15, 0.2) is 0 Å². The zero-order chi connectivity index (χ0) is 11.5. The van der Waals surface area contributed by atoms with Gasteiger partial charge >= 0.3 is 0 Å². The number of aryl methyl sites for hydroxylation is 1. The van der Waals surface area contributed by atoms with Gasteiger partial charge in [-0.3, -0.25) is 4.79 Å². The minimum absolute atomic E-state index is 0.130. The maximum atomic E-state index is 11.7. The average molecular weight is 221 g/mol. The molecule has 0 bridgehead atoms. The largest absolute Gasteiger partial charge is 0.397 e. The highest BCUT2D eigenvalue weighted by Gasteiger charge is 2.23. The Balaban J connectivity index is 2.02. The fourth-order valence-electron chi connectivity index (χ4n) is 1.63. The van der Waals surface area contributed by atoms with Gasteiger partial charge in [-0.25, -0.2) is 4.98 Å². The zero-order valence-corrected chi connectivity index (χ0v) is 9.19. The molecule has 86 valence electrons. The van der Waals surface area contributed by atoms with Crippen LogP contribution in [-0.4, -0.2) is 23.6 Å². The molecule has 1 aromatic heterocycles. The summed E-state index contributed by atoms with van der Waals surface area (Å²) in [7, 11) is 0. The van der Waals surface area contributed by atoms with Crippen molar-refractivity contribution in [2.75, 3.05) is 17.7 Å². The molecule has 5 heteroatoms. The third-order valence-electron chi connectivity index (χ3n) is 2.62. The number of anilines is 2. The summed E-state index contributed by atoms with van der Waals surface area (Å²) in [6.07, 6.45) is 2.92. The van der Waals surface area contributed by atoms with Crippen LogP contribution in [0.25, 0.3) is 0 Å². The maximum Gasteiger partial charge on any atom is 0.254 e. The summed E-state index contributed by atoms with van der Waals surface area (Å²) in [5, 5.41) is 2.72. The number of nitrogens with two attached hydrogens (primary N) is 1. The van der Waals surface area contributed by atoms with E-state index >= 15 is 0 Å². The normalized spacial score (nSPS) is 19.7. The van der Waals surface area contributed by atoms with Gasteiger partial charge in [0.25, 0.3) is 5.91 Å². The van der Waals surface area contributed by atoms with E-state index in [1.807, 2.05) is 6.92 Å². The van der Waals surface area contributed by atoms with E-state index < -0.39 is 0 Å². The van der Waals surface area contributed by atoms with Gasteiger partial charge in [-0.05, 0) is 31.4 Å². The Morgan fingerprint density at radius 1 is 1.69 bits per heavy atom. The number of carbonyl (C=O) groups is 1. The van der Waals surface area contributed by atoms with Crippen molar-refractivity contribution in [1.82, 2.24) is 4.98 Å². The second-order valence-electron chi connectivity index (χ2n) is 3.92. The molecule has 1 aromatic rings. The molecular formula is C11H15N3O2. The fourth-order valence-corrected chi connectivity index (χ4v) is 1.63. The monoisotopic (exact) mass is 221 g/mol. The summed E-state index contributed by atoms with van der Waals surface area (Å²) >= 11 is 0. The quantitative estimate of drug-likeness (QED) is 0.783. The third-order valence-corrected chi connectivity index (χ3v) is 2.62. The lowest BCUT2D eigenvalue weighted by Crippen LogP contribution is -2.27. The van der Waals surface area contributed by atoms with Crippen LogP contribution in [0.2, 0.25) is 0 Å². The molecule has 0 aliphatic carbocycles. The number of amides is 1. The molecule has 0 radical (unpaired) electrons. The minimum Gasteiger partial charge on any atom is -0.397 e. The highest BCUT2D eigenvalue weighted by molar-refractivity contribution is 5.93. The summed E-state index contributed by atoms with van der Waals surface area (Å²) in [5.41, 5.74) is 7.16. The second-order valence-corrected chi connectivity index (χ2v) is 3.92. The number of aromatic nitrogens is 1. The van der Waals surface area contributed by atoms with E-state index in [4.69, 9.17) is 10.5 Å². The van der Waals surface area contributed by atoms with Gasteiger partial charge in [0, 0.05) is 6.61 Å². The number of nitrogens with zero attached hydrogens (tertiary/aromatic N) is 1. The molecule has 1 aliphatic rings. The molecule has 1 amide bonds. The molecule has 2 heterocycles. The molecule has 1 fully saturated rings.